The minimum atomic E-state index is -3.85. The van der Waals surface area contributed by atoms with Crippen molar-refractivity contribution >= 4 is 55.0 Å². The van der Waals surface area contributed by atoms with Crippen molar-refractivity contribution in [1.82, 2.24) is 4.98 Å². The first-order valence-electron chi connectivity index (χ1n) is 5.81. The Hall–Kier alpha value is -0.820. The molecule has 2 aromatic rings. The average molecular weight is 410 g/mol. The van der Waals surface area contributed by atoms with Crippen molar-refractivity contribution in [2.45, 2.75) is 18.7 Å². The van der Waals surface area contributed by atoms with Crippen molar-refractivity contribution in [3.63, 3.8) is 0 Å². The number of halogens is 3. The van der Waals surface area contributed by atoms with Crippen LogP contribution in [0.2, 0.25) is 10.0 Å². The van der Waals surface area contributed by atoms with Crippen LogP contribution in [-0.4, -0.2) is 13.4 Å². The Bertz CT molecular complexity index is 810. The van der Waals surface area contributed by atoms with Gasteiger partial charge in [-0.1, -0.05) is 23.2 Å². The molecular weight excluding hydrogens is 399 g/mol. The molecule has 0 bridgehead atoms. The van der Waals surface area contributed by atoms with Crippen LogP contribution in [0.15, 0.2) is 33.8 Å². The van der Waals surface area contributed by atoms with E-state index in [2.05, 4.69) is 25.6 Å². The summed E-state index contributed by atoms with van der Waals surface area (Å²) in [7, 11) is -3.85. The Labute approximate surface area is 141 Å². The number of aryl methyl sites for hydroxylation is 2. The molecule has 0 saturated carbocycles. The summed E-state index contributed by atoms with van der Waals surface area (Å²) in [6.07, 6.45) is 1.57. The molecule has 0 spiro atoms. The number of rotatable bonds is 3. The van der Waals surface area contributed by atoms with Crippen LogP contribution in [0.5, 0.6) is 0 Å². The molecule has 0 amide bonds. The molecule has 21 heavy (non-hydrogen) atoms. The van der Waals surface area contributed by atoms with E-state index in [9.17, 15) is 8.42 Å². The van der Waals surface area contributed by atoms with Crippen molar-refractivity contribution in [1.29, 1.82) is 0 Å². The third-order valence-electron chi connectivity index (χ3n) is 2.71. The fourth-order valence-corrected chi connectivity index (χ4v) is 4.18. The highest BCUT2D eigenvalue weighted by molar-refractivity contribution is 9.10. The first-order valence-corrected chi connectivity index (χ1v) is 8.84. The standard InChI is InChI=1S/C13H11BrCl2N2O2S/c1-7-3-9(14)13(17-6-7)18-21(19,20)12-4-8(2)10(15)5-11(12)16/h3-6H,1-2H3,(H,17,18). The molecule has 1 heterocycles. The van der Waals surface area contributed by atoms with Gasteiger partial charge >= 0.3 is 0 Å². The van der Waals surface area contributed by atoms with Crippen LogP contribution in [0.25, 0.3) is 0 Å². The Kier molecular flexibility index (Phi) is 4.82. The molecule has 4 nitrogen and oxygen atoms in total. The van der Waals surface area contributed by atoms with Gasteiger partial charge in [-0.2, -0.15) is 0 Å². The number of anilines is 1. The molecule has 0 aliphatic heterocycles. The van der Waals surface area contributed by atoms with E-state index in [1.165, 1.54) is 12.1 Å². The predicted molar refractivity (Wildman–Crippen MR) is 88.7 cm³/mol. The molecule has 0 aliphatic carbocycles. The van der Waals surface area contributed by atoms with Crippen molar-refractivity contribution in [2.24, 2.45) is 0 Å². The highest BCUT2D eigenvalue weighted by Gasteiger charge is 2.21. The second kappa shape index (κ2) is 6.12. The number of pyridine rings is 1. The summed E-state index contributed by atoms with van der Waals surface area (Å²) < 4.78 is 27.8. The first kappa shape index (κ1) is 16.5. The van der Waals surface area contributed by atoms with Gasteiger partial charge in [-0.3, -0.25) is 4.72 Å². The molecule has 2 rings (SSSR count). The minimum Gasteiger partial charge on any atom is -0.262 e. The minimum absolute atomic E-state index is 0.0414. The summed E-state index contributed by atoms with van der Waals surface area (Å²) in [5, 5.41) is 0.468. The molecule has 0 fully saturated rings. The molecule has 0 atom stereocenters. The largest absolute Gasteiger partial charge is 0.264 e. The van der Waals surface area contributed by atoms with Crippen LogP contribution in [0.4, 0.5) is 5.82 Å². The molecule has 0 unspecified atom stereocenters. The lowest BCUT2D eigenvalue weighted by Crippen LogP contribution is -2.15. The van der Waals surface area contributed by atoms with Crippen LogP contribution in [0.1, 0.15) is 11.1 Å². The third-order valence-corrected chi connectivity index (χ3v) is 5.53. The maximum atomic E-state index is 12.4. The maximum Gasteiger partial charge on any atom is 0.264 e. The van der Waals surface area contributed by atoms with Crippen LogP contribution in [-0.2, 0) is 10.0 Å². The zero-order valence-corrected chi connectivity index (χ0v) is 15.0. The van der Waals surface area contributed by atoms with Gasteiger partial charge in [0.15, 0.2) is 5.82 Å². The molecular formula is C13H11BrCl2N2O2S. The SMILES string of the molecule is Cc1cnc(NS(=O)(=O)c2cc(C)c(Cl)cc2Cl)c(Br)c1. The zero-order valence-electron chi connectivity index (χ0n) is 11.1. The normalized spacial score (nSPS) is 11.5. The fraction of sp³-hybridized carbons (Fsp3) is 0.154. The number of sulfonamides is 1. The van der Waals surface area contributed by atoms with Crippen LogP contribution in [0.3, 0.4) is 0 Å². The molecule has 1 aromatic heterocycles. The second-order valence-corrected chi connectivity index (χ2v) is 7.80. The summed E-state index contributed by atoms with van der Waals surface area (Å²) in [5.74, 6) is 0.198. The summed E-state index contributed by atoms with van der Waals surface area (Å²) >= 11 is 15.2. The van der Waals surface area contributed by atoms with Crippen LogP contribution < -0.4 is 4.72 Å². The van der Waals surface area contributed by atoms with E-state index >= 15 is 0 Å². The van der Waals surface area contributed by atoms with Crippen molar-refractivity contribution in [3.8, 4) is 0 Å². The van der Waals surface area contributed by atoms with Gasteiger partial charge in [0.05, 0.1) is 9.50 Å². The Balaban J connectivity index is 2.46. The molecule has 1 aromatic carbocycles. The molecule has 1 N–H and O–H groups in total. The Morgan fingerprint density at radius 1 is 1.14 bits per heavy atom. The van der Waals surface area contributed by atoms with E-state index < -0.39 is 10.0 Å². The summed E-state index contributed by atoms with van der Waals surface area (Å²) in [4.78, 5) is 4.01. The van der Waals surface area contributed by atoms with Gasteiger partial charge in [-0.25, -0.2) is 13.4 Å². The number of benzene rings is 1. The van der Waals surface area contributed by atoms with Gasteiger partial charge in [0.2, 0.25) is 0 Å². The lowest BCUT2D eigenvalue weighted by atomic mass is 10.2. The maximum absolute atomic E-state index is 12.4. The summed E-state index contributed by atoms with van der Waals surface area (Å²) in [6, 6.07) is 4.60. The molecule has 0 saturated heterocycles. The summed E-state index contributed by atoms with van der Waals surface area (Å²) in [6.45, 7) is 3.56. The predicted octanol–water partition coefficient (Wildman–Crippen LogP) is 4.57. The van der Waals surface area contributed by atoms with Gasteiger partial charge in [-0.05, 0) is 59.1 Å². The average Bonchev–Trinajstić information content (AvgIpc) is 2.37. The van der Waals surface area contributed by atoms with Gasteiger partial charge < -0.3 is 0 Å². The molecule has 0 aliphatic rings. The van der Waals surface area contributed by atoms with E-state index in [0.29, 0.717) is 15.1 Å². The number of hydrogen-bond acceptors (Lipinski definition) is 3. The molecule has 0 radical (unpaired) electrons. The smallest absolute Gasteiger partial charge is 0.262 e. The van der Waals surface area contributed by atoms with Crippen molar-refractivity contribution in [2.75, 3.05) is 4.72 Å². The number of nitrogens with zero attached hydrogens (tertiary/aromatic N) is 1. The van der Waals surface area contributed by atoms with E-state index in [0.717, 1.165) is 5.56 Å². The van der Waals surface area contributed by atoms with Gasteiger partial charge in [-0.15, -0.1) is 0 Å². The number of nitrogens with one attached hydrogen (secondary N) is 1. The van der Waals surface area contributed by atoms with E-state index in [-0.39, 0.29) is 15.7 Å². The van der Waals surface area contributed by atoms with Gasteiger partial charge in [0.1, 0.15) is 4.90 Å². The number of hydrogen-bond donors (Lipinski definition) is 1. The summed E-state index contributed by atoms with van der Waals surface area (Å²) in [5.41, 5.74) is 1.53. The van der Waals surface area contributed by atoms with Crippen molar-refractivity contribution in [3.05, 3.63) is 50.0 Å². The quantitative estimate of drug-likeness (QED) is 0.807. The van der Waals surface area contributed by atoms with Crippen LogP contribution >= 0.6 is 39.1 Å². The monoisotopic (exact) mass is 408 g/mol. The molecule has 112 valence electrons. The zero-order chi connectivity index (χ0) is 15.8. The third kappa shape index (κ3) is 3.69. The molecule has 8 heteroatoms. The Morgan fingerprint density at radius 2 is 1.81 bits per heavy atom. The van der Waals surface area contributed by atoms with Crippen molar-refractivity contribution < 1.29 is 8.42 Å². The lowest BCUT2D eigenvalue weighted by molar-refractivity contribution is 0.601. The Morgan fingerprint density at radius 3 is 2.43 bits per heavy atom. The topological polar surface area (TPSA) is 59.1 Å². The second-order valence-electron chi connectivity index (χ2n) is 4.48. The number of aromatic nitrogens is 1. The van der Waals surface area contributed by atoms with E-state index in [4.69, 9.17) is 23.2 Å². The van der Waals surface area contributed by atoms with Crippen LogP contribution in [0, 0.1) is 13.8 Å². The fourth-order valence-electron chi connectivity index (χ4n) is 1.63. The highest BCUT2D eigenvalue weighted by Crippen LogP contribution is 2.30. The highest BCUT2D eigenvalue weighted by atomic mass is 79.9. The van der Waals surface area contributed by atoms with E-state index in [1.807, 2.05) is 6.92 Å². The lowest BCUT2D eigenvalue weighted by Gasteiger charge is -2.11. The van der Waals surface area contributed by atoms with Gasteiger partial charge in [0, 0.05) is 11.2 Å². The van der Waals surface area contributed by atoms with E-state index in [1.54, 1.807) is 19.2 Å². The first-order chi connectivity index (χ1) is 9.70. The van der Waals surface area contributed by atoms with Gasteiger partial charge in [0.25, 0.3) is 10.0 Å².